The van der Waals surface area contributed by atoms with Gasteiger partial charge in [-0.2, -0.15) is 0 Å². The number of urea groups is 1. The van der Waals surface area contributed by atoms with Crippen molar-refractivity contribution in [1.29, 1.82) is 0 Å². The lowest BCUT2D eigenvalue weighted by Crippen LogP contribution is -2.30. The number of halogens is 1. The molecular weight excluding hydrogens is 373 g/mol. The molecule has 1 heterocycles. The van der Waals surface area contributed by atoms with Crippen molar-refractivity contribution in [2.45, 2.75) is 13.3 Å². The van der Waals surface area contributed by atoms with Gasteiger partial charge in [0.1, 0.15) is 5.82 Å². The molecule has 3 aromatic rings. The van der Waals surface area contributed by atoms with Gasteiger partial charge in [0.25, 0.3) is 0 Å². The fourth-order valence-corrected chi connectivity index (χ4v) is 2.63. The van der Waals surface area contributed by atoms with Gasteiger partial charge in [0.15, 0.2) is 11.5 Å². The lowest BCUT2D eigenvalue weighted by Gasteiger charge is -2.11. The molecule has 7 heteroatoms. The van der Waals surface area contributed by atoms with E-state index in [9.17, 15) is 9.18 Å². The maximum atomic E-state index is 12.9. The number of benzene rings is 2. The van der Waals surface area contributed by atoms with Crippen molar-refractivity contribution < 1.29 is 18.7 Å². The van der Waals surface area contributed by atoms with Gasteiger partial charge in [0.05, 0.1) is 19.0 Å². The smallest absolute Gasteiger partial charge is 0.319 e. The molecule has 0 aliphatic carbocycles. The van der Waals surface area contributed by atoms with Crippen molar-refractivity contribution in [3.8, 4) is 17.4 Å². The highest BCUT2D eigenvalue weighted by atomic mass is 19.1. The molecule has 0 saturated heterocycles. The van der Waals surface area contributed by atoms with Crippen LogP contribution >= 0.6 is 0 Å². The molecule has 2 aromatic carbocycles. The normalized spacial score (nSPS) is 10.3. The van der Waals surface area contributed by atoms with Gasteiger partial charge in [-0.1, -0.05) is 18.2 Å². The number of anilines is 1. The Morgan fingerprint density at radius 1 is 1.07 bits per heavy atom. The van der Waals surface area contributed by atoms with Crippen molar-refractivity contribution in [1.82, 2.24) is 10.3 Å². The largest absolute Gasteiger partial charge is 0.493 e. The molecule has 3 rings (SSSR count). The molecule has 0 bridgehead atoms. The third-order valence-corrected chi connectivity index (χ3v) is 4.14. The van der Waals surface area contributed by atoms with Crippen LogP contribution in [0.5, 0.6) is 17.4 Å². The summed E-state index contributed by atoms with van der Waals surface area (Å²) in [6, 6.07) is 14.8. The SMILES string of the molecule is COc1cc(C)ccc1Oc1ccc(NC(=O)NCCc2ccc(F)cc2)cn1. The molecule has 0 unspecified atom stereocenters. The second-order valence-electron chi connectivity index (χ2n) is 6.40. The maximum absolute atomic E-state index is 12.9. The van der Waals surface area contributed by atoms with Crippen LogP contribution in [-0.4, -0.2) is 24.7 Å². The summed E-state index contributed by atoms with van der Waals surface area (Å²) in [6.07, 6.45) is 2.12. The number of aromatic nitrogens is 1. The van der Waals surface area contributed by atoms with E-state index in [1.165, 1.54) is 18.3 Å². The minimum Gasteiger partial charge on any atom is -0.493 e. The lowest BCUT2D eigenvalue weighted by atomic mass is 10.1. The summed E-state index contributed by atoms with van der Waals surface area (Å²) in [4.78, 5) is 16.2. The second-order valence-corrected chi connectivity index (χ2v) is 6.40. The number of hydrogen-bond donors (Lipinski definition) is 2. The van der Waals surface area contributed by atoms with Crippen LogP contribution in [0.15, 0.2) is 60.8 Å². The van der Waals surface area contributed by atoms with E-state index < -0.39 is 0 Å². The van der Waals surface area contributed by atoms with Crippen molar-refractivity contribution in [2.75, 3.05) is 19.0 Å². The number of amides is 2. The van der Waals surface area contributed by atoms with Crippen LogP contribution in [-0.2, 0) is 6.42 Å². The second kappa shape index (κ2) is 9.54. The minimum atomic E-state index is -0.345. The molecule has 1 aromatic heterocycles. The number of aryl methyl sites for hydroxylation is 1. The monoisotopic (exact) mass is 395 g/mol. The van der Waals surface area contributed by atoms with Crippen molar-refractivity contribution >= 4 is 11.7 Å². The molecule has 2 amide bonds. The Bertz CT molecular complexity index is 960. The average Bonchev–Trinajstić information content (AvgIpc) is 2.72. The number of hydrogen-bond acceptors (Lipinski definition) is 4. The lowest BCUT2D eigenvalue weighted by molar-refractivity contribution is 0.252. The molecule has 0 saturated carbocycles. The highest BCUT2D eigenvalue weighted by molar-refractivity contribution is 5.89. The Balaban J connectivity index is 1.49. The average molecular weight is 395 g/mol. The van der Waals surface area contributed by atoms with Gasteiger partial charge >= 0.3 is 6.03 Å². The first-order valence-electron chi connectivity index (χ1n) is 9.11. The number of nitrogens with one attached hydrogen (secondary N) is 2. The molecular formula is C22H22FN3O3. The Labute approximate surface area is 168 Å². The molecule has 0 aliphatic heterocycles. The molecule has 150 valence electrons. The van der Waals surface area contributed by atoms with E-state index >= 15 is 0 Å². The first-order chi connectivity index (χ1) is 14.0. The van der Waals surface area contributed by atoms with E-state index in [2.05, 4.69) is 15.6 Å². The summed E-state index contributed by atoms with van der Waals surface area (Å²) in [6.45, 7) is 2.40. The fraction of sp³-hybridized carbons (Fsp3) is 0.182. The summed E-state index contributed by atoms with van der Waals surface area (Å²) in [7, 11) is 1.58. The van der Waals surface area contributed by atoms with Gasteiger partial charge in [0, 0.05) is 12.6 Å². The number of rotatable bonds is 7. The van der Waals surface area contributed by atoms with Crippen molar-refractivity contribution in [3.63, 3.8) is 0 Å². The van der Waals surface area contributed by atoms with Crippen molar-refractivity contribution in [3.05, 3.63) is 77.7 Å². The van der Waals surface area contributed by atoms with Crippen molar-refractivity contribution in [2.24, 2.45) is 0 Å². The van der Waals surface area contributed by atoms with Crippen LogP contribution in [0, 0.1) is 12.7 Å². The summed E-state index contributed by atoms with van der Waals surface area (Å²) >= 11 is 0. The van der Waals surface area contributed by atoms with Gasteiger partial charge in [-0.15, -0.1) is 0 Å². The quantitative estimate of drug-likeness (QED) is 0.609. The molecule has 29 heavy (non-hydrogen) atoms. The van der Waals surface area contributed by atoms with Gasteiger partial charge in [-0.3, -0.25) is 0 Å². The summed E-state index contributed by atoms with van der Waals surface area (Å²) < 4.78 is 23.9. The van der Waals surface area contributed by atoms with Crippen LogP contribution < -0.4 is 20.1 Å². The van der Waals surface area contributed by atoms with E-state index in [0.29, 0.717) is 36.0 Å². The third-order valence-electron chi connectivity index (χ3n) is 4.14. The number of carbonyl (C=O) groups is 1. The molecule has 0 spiro atoms. The summed E-state index contributed by atoms with van der Waals surface area (Å²) in [5.41, 5.74) is 2.54. The van der Waals surface area contributed by atoms with E-state index in [-0.39, 0.29) is 11.8 Å². The van der Waals surface area contributed by atoms with Gasteiger partial charge in [-0.25, -0.2) is 14.2 Å². The van der Waals surface area contributed by atoms with E-state index in [0.717, 1.165) is 11.1 Å². The minimum absolute atomic E-state index is 0.278. The molecule has 0 atom stereocenters. The fourth-order valence-electron chi connectivity index (χ4n) is 2.63. The number of methoxy groups -OCH3 is 1. The maximum Gasteiger partial charge on any atom is 0.319 e. The van der Waals surface area contributed by atoms with Crippen LogP contribution in [0.4, 0.5) is 14.9 Å². The molecule has 0 aliphatic rings. The third kappa shape index (κ3) is 5.93. The van der Waals surface area contributed by atoms with Gasteiger partial charge < -0.3 is 20.1 Å². The zero-order valence-electron chi connectivity index (χ0n) is 16.2. The highest BCUT2D eigenvalue weighted by Gasteiger charge is 2.08. The van der Waals surface area contributed by atoms with E-state index in [1.807, 2.05) is 25.1 Å². The first kappa shape index (κ1) is 20.1. The predicted octanol–water partition coefficient (Wildman–Crippen LogP) is 4.69. The molecule has 6 nitrogen and oxygen atoms in total. The Morgan fingerprint density at radius 3 is 2.55 bits per heavy atom. The zero-order valence-corrected chi connectivity index (χ0v) is 16.2. The van der Waals surface area contributed by atoms with Gasteiger partial charge in [-0.05, 0) is 54.8 Å². The molecule has 0 radical (unpaired) electrons. The Kier molecular flexibility index (Phi) is 6.63. The van der Waals surface area contributed by atoms with Crippen LogP contribution in [0.3, 0.4) is 0 Å². The summed E-state index contributed by atoms with van der Waals surface area (Å²) in [5.74, 6) is 1.29. The number of pyridine rings is 1. The highest BCUT2D eigenvalue weighted by Crippen LogP contribution is 2.31. The zero-order chi connectivity index (χ0) is 20.6. The summed E-state index contributed by atoms with van der Waals surface area (Å²) in [5, 5.41) is 5.46. The van der Waals surface area contributed by atoms with Gasteiger partial charge in [0.2, 0.25) is 5.88 Å². The number of carbonyl (C=O) groups excluding carboxylic acids is 1. The first-order valence-corrected chi connectivity index (χ1v) is 9.11. The number of nitrogens with zero attached hydrogens (tertiary/aromatic N) is 1. The number of ether oxygens (including phenoxy) is 2. The predicted molar refractivity (Wildman–Crippen MR) is 109 cm³/mol. The Hall–Kier alpha value is -3.61. The van der Waals surface area contributed by atoms with Crippen LogP contribution in [0.25, 0.3) is 0 Å². The van der Waals surface area contributed by atoms with E-state index in [4.69, 9.17) is 9.47 Å². The standard InChI is InChI=1S/C22H22FN3O3/c1-15-3-9-19(20(13-15)28-2)29-21-10-8-18(14-25-21)26-22(27)24-12-11-16-4-6-17(23)7-5-16/h3-10,13-14H,11-12H2,1-2H3,(H2,24,26,27). The molecule has 0 fully saturated rings. The van der Waals surface area contributed by atoms with E-state index in [1.54, 1.807) is 31.4 Å². The van der Waals surface area contributed by atoms with Crippen LogP contribution in [0.2, 0.25) is 0 Å². The van der Waals surface area contributed by atoms with Crippen LogP contribution in [0.1, 0.15) is 11.1 Å². The Morgan fingerprint density at radius 2 is 1.86 bits per heavy atom. The molecule has 2 N–H and O–H groups in total. The topological polar surface area (TPSA) is 72.5 Å².